The maximum atomic E-state index is 3.71. The van der Waals surface area contributed by atoms with Crippen LogP contribution in [0.5, 0.6) is 0 Å². The van der Waals surface area contributed by atoms with Crippen LogP contribution in [0.25, 0.3) is 0 Å². The molecule has 2 aromatic carbocycles. The number of hydrogen-bond donors (Lipinski definition) is 1. The Morgan fingerprint density at radius 1 is 1.10 bits per heavy atom. The molecule has 110 valence electrons. The van der Waals surface area contributed by atoms with Crippen LogP contribution >= 0.6 is 11.8 Å². The summed E-state index contributed by atoms with van der Waals surface area (Å²) < 4.78 is 0. The van der Waals surface area contributed by atoms with E-state index in [4.69, 9.17) is 0 Å². The fraction of sp³-hybridized carbons (Fsp3) is 0.368. The van der Waals surface area contributed by atoms with Crippen molar-refractivity contribution in [1.29, 1.82) is 0 Å². The Bertz CT molecular complexity index is 542. The second kappa shape index (κ2) is 7.15. The van der Waals surface area contributed by atoms with Crippen LogP contribution in [0.4, 0.5) is 0 Å². The number of nitrogens with one attached hydrogen (secondary N) is 1. The maximum Gasteiger partial charge on any atom is 0.0260 e. The van der Waals surface area contributed by atoms with E-state index in [0.717, 1.165) is 13.0 Å². The second-order valence-corrected chi connectivity index (χ2v) is 7.23. The molecule has 3 rings (SSSR count). The molecule has 0 spiro atoms. The number of thioether (sulfide) groups is 1. The van der Waals surface area contributed by atoms with Gasteiger partial charge >= 0.3 is 0 Å². The maximum absolute atomic E-state index is 3.71. The lowest BCUT2D eigenvalue weighted by molar-refractivity contribution is 0.512. The third kappa shape index (κ3) is 4.12. The summed E-state index contributed by atoms with van der Waals surface area (Å²) in [6.45, 7) is 3.41. The number of rotatable bonds is 6. The van der Waals surface area contributed by atoms with Gasteiger partial charge in [0.2, 0.25) is 0 Å². The molecule has 2 atom stereocenters. The fourth-order valence-corrected chi connectivity index (χ4v) is 4.09. The van der Waals surface area contributed by atoms with Crippen LogP contribution < -0.4 is 5.32 Å². The van der Waals surface area contributed by atoms with Crippen molar-refractivity contribution in [3.8, 4) is 0 Å². The predicted octanol–water partition coefficient (Wildman–Crippen LogP) is 4.31. The third-order valence-electron chi connectivity index (χ3n) is 4.12. The van der Waals surface area contributed by atoms with E-state index >= 15 is 0 Å². The van der Waals surface area contributed by atoms with Crippen LogP contribution in [0.15, 0.2) is 59.5 Å². The third-order valence-corrected chi connectivity index (χ3v) is 5.44. The molecule has 0 aromatic heterocycles. The van der Waals surface area contributed by atoms with Gasteiger partial charge in [-0.3, -0.25) is 0 Å². The predicted molar refractivity (Wildman–Crippen MR) is 92.0 cm³/mol. The molecular weight excluding hydrogens is 274 g/mol. The van der Waals surface area contributed by atoms with Crippen molar-refractivity contribution in [3.05, 3.63) is 65.7 Å². The minimum Gasteiger partial charge on any atom is -0.313 e. The monoisotopic (exact) mass is 297 g/mol. The van der Waals surface area contributed by atoms with Gasteiger partial charge in [0.15, 0.2) is 0 Å². The Morgan fingerprint density at radius 3 is 2.67 bits per heavy atom. The van der Waals surface area contributed by atoms with E-state index in [0.29, 0.717) is 11.3 Å². The van der Waals surface area contributed by atoms with Crippen LogP contribution in [0.1, 0.15) is 24.5 Å². The Hall–Kier alpha value is -1.25. The molecule has 1 nitrogen and oxygen atoms in total. The van der Waals surface area contributed by atoms with Gasteiger partial charge in [0, 0.05) is 22.7 Å². The van der Waals surface area contributed by atoms with Crippen LogP contribution in [0.2, 0.25) is 0 Å². The van der Waals surface area contributed by atoms with E-state index in [9.17, 15) is 0 Å². The molecule has 0 fully saturated rings. The highest BCUT2D eigenvalue weighted by atomic mass is 32.2. The normalized spacial score (nSPS) is 18.4. The zero-order valence-electron chi connectivity index (χ0n) is 12.6. The van der Waals surface area contributed by atoms with Crippen molar-refractivity contribution < 1.29 is 0 Å². The summed E-state index contributed by atoms with van der Waals surface area (Å²) in [6.07, 6.45) is 3.57. The lowest BCUT2D eigenvalue weighted by Crippen LogP contribution is -2.32. The fourth-order valence-electron chi connectivity index (χ4n) is 2.83. The van der Waals surface area contributed by atoms with E-state index in [1.807, 2.05) is 11.8 Å². The molecule has 2 aromatic rings. The van der Waals surface area contributed by atoms with Gasteiger partial charge in [-0.25, -0.2) is 0 Å². The largest absolute Gasteiger partial charge is 0.313 e. The van der Waals surface area contributed by atoms with Crippen molar-refractivity contribution >= 4 is 11.8 Å². The Labute approximate surface area is 132 Å². The first kappa shape index (κ1) is 14.7. The van der Waals surface area contributed by atoms with Gasteiger partial charge in [-0.1, -0.05) is 48.5 Å². The number of fused-ring (bicyclic) bond motifs is 1. The zero-order chi connectivity index (χ0) is 14.5. The van der Waals surface area contributed by atoms with Gasteiger partial charge in [-0.15, -0.1) is 11.8 Å². The molecule has 1 aliphatic heterocycles. The van der Waals surface area contributed by atoms with Crippen molar-refractivity contribution in [1.82, 2.24) is 5.32 Å². The number of benzene rings is 2. The van der Waals surface area contributed by atoms with Crippen molar-refractivity contribution in [2.24, 2.45) is 0 Å². The minimum absolute atomic E-state index is 0.578. The Morgan fingerprint density at radius 2 is 1.86 bits per heavy atom. The molecule has 2 heteroatoms. The summed E-state index contributed by atoms with van der Waals surface area (Å²) in [5, 5.41) is 4.40. The highest BCUT2D eigenvalue weighted by Gasteiger charge is 2.21. The van der Waals surface area contributed by atoms with Crippen molar-refractivity contribution in [2.45, 2.75) is 42.4 Å². The first-order valence-electron chi connectivity index (χ1n) is 7.83. The first-order valence-corrected chi connectivity index (χ1v) is 8.71. The van der Waals surface area contributed by atoms with E-state index in [1.54, 1.807) is 0 Å². The molecule has 0 aliphatic carbocycles. The summed E-state index contributed by atoms with van der Waals surface area (Å²) in [7, 11) is 0. The molecule has 1 heterocycles. The molecule has 1 N–H and O–H groups in total. The number of aryl methyl sites for hydroxylation is 1. The van der Waals surface area contributed by atoms with Crippen molar-refractivity contribution in [3.63, 3.8) is 0 Å². The van der Waals surface area contributed by atoms with E-state index in [-0.39, 0.29) is 0 Å². The molecular formula is C19H23NS. The van der Waals surface area contributed by atoms with Gasteiger partial charge in [0.05, 0.1) is 0 Å². The smallest absolute Gasteiger partial charge is 0.0260 e. The quantitative estimate of drug-likeness (QED) is 0.852. The molecule has 1 aliphatic rings. The highest BCUT2D eigenvalue weighted by Crippen LogP contribution is 2.36. The topological polar surface area (TPSA) is 12.0 Å². The minimum atomic E-state index is 0.578. The van der Waals surface area contributed by atoms with Crippen LogP contribution in [0.3, 0.4) is 0 Å². The average molecular weight is 297 g/mol. The summed E-state index contributed by atoms with van der Waals surface area (Å²) in [4.78, 5) is 1.47. The van der Waals surface area contributed by atoms with E-state index in [2.05, 4.69) is 66.8 Å². The van der Waals surface area contributed by atoms with E-state index < -0.39 is 0 Å². The first-order chi connectivity index (χ1) is 10.3. The van der Waals surface area contributed by atoms with Crippen LogP contribution in [-0.2, 0) is 12.8 Å². The Balaban J connectivity index is 1.40. The molecule has 2 unspecified atom stereocenters. The summed E-state index contributed by atoms with van der Waals surface area (Å²) in [6, 6.07) is 20.2. The molecule has 0 bridgehead atoms. The number of hydrogen-bond acceptors (Lipinski definition) is 2. The molecule has 0 amide bonds. The SMILES string of the molecule is CC(CCc1ccccc1)NCC1Cc2ccccc2S1. The molecule has 0 saturated heterocycles. The van der Waals surface area contributed by atoms with Gasteiger partial charge in [-0.2, -0.15) is 0 Å². The lowest BCUT2D eigenvalue weighted by Gasteiger charge is -2.16. The van der Waals surface area contributed by atoms with Gasteiger partial charge in [0.1, 0.15) is 0 Å². The van der Waals surface area contributed by atoms with Gasteiger partial charge in [0.25, 0.3) is 0 Å². The van der Waals surface area contributed by atoms with E-state index in [1.165, 1.54) is 28.9 Å². The van der Waals surface area contributed by atoms with Gasteiger partial charge < -0.3 is 5.32 Å². The van der Waals surface area contributed by atoms with Crippen LogP contribution in [-0.4, -0.2) is 17.8 Å². The molecule has 0 radical (unpaired) electrons. The van der Waals surface area contributed by atoms with Crippen molar-refractivity contribution in [2.75, 3.05) is 6.54 Å². The Kier molecular flexibility index (Phi) is 5.00. The summed E-state index contributed by atoms with van der Waals surface area (Å²) >= 11 is 2.03. The highest BCUT2D eigenvalue weighted by molar-refractivity contribution is 8.00. The van der Waals surface area contributed by atoms with Crippen LogP contribution in [0, 0.1) is 0 Å². The summed E-state index contributed by atoms with van der Waals surface area (Å²) in [5.74, 6) is 0. The zero-order valence-corrected chi connectivity index (χ0v) is 13.4. The second-order valence-electron chi connectivity index (χ2n) is 5.89. The lowest BCUT2D eigenvalue weighted by atomic mass is 10.1. The standard InChI is InChI=1S/C19H23NS/c1-15(11-12-16-7-3-2-4-8-16)20-14-18-13-17-9-5-6-10-19(17)21-18/h2-10,15,18,20H,11-14H2,1H3. The summed E-state index contributed by atoms with van der Waals surface area (Å²) in [5.41, 5.74) is 2.96. The van der Waals surface area contributed by atoms with Gasteiger partial charge in [-0.05, 0) is 43.4 Å². The molecule has 21 heavy (non-hydrogen) atoms. The average Bonchev–Trinajstić information content (AvgIpc) is 2.95. The molecule has 0 saturated carbocycles.